The van der Waals surface area contributed by atoms with Crippen LogP contribution in [0.25, 0.3) is 0 Å². The van der Waals surface area contributed by atoms with Crippen LogP contribution >= 0.6 is 0 Å². The van der Waals surface area contributed by atoms with Crippen molar-refractivity contribution in [3.05, 3.63) is 64.7 Å². The normalized spacial score (nSPS) is 18.7. The number of esters is 1. The van der Waals surface area contributed by atoms with Crippen LogP contribution in [0, 0.1) is 0 Å². The van der Waals surface area contributed by atoms with Gasteiger partial charge in [0.1, 0.15) is 12.4 Å². The van der Waals surface area contributed by atoms with Crippen LogP contribution in [0.1, 0.15) is 33.1 Å². The highest BCUT2D eigenvalue weighted by molar-refractivity contribution is 5.90. The lowest BCUT2D eigenvalue weighted by Gasteiger charge is -2.36. The molecule has 0 unspecified atom stereocenters. The fraction of sp³-hybridized carbons (Fsp3) is 0.391. The molecule has 2 aliphatic heterocycles. The van der Waals surface area contributed by atoms with Crippen LogP contribution in [0.3, 0.4) is 0 Å². The van der Waals surface area contributed by atoms with Crippen molar-refractivity contribution in [1.29, 1.82) is 0 Å². The standard InChI is InChI=1S/C23H23F3N2O5/c1-31-21(29)16-2-3-17-13-28(22(30)27-8-10-32-11-9-27)19(14-33-20(17)12-16)15-4-6-18(7-5-15)23(24,25)26/h2-7,12,19H,8-11,13-14H2,1H3/t19-/m1/s1. The van der Waals surface area contributed by atoms with E-state index in [2.05, 4.69) is 0 Å². The largest absolute Gasteiger partial charge is 0.491 e. The van der Waals surface area contributed by atoms with Gasteiger partial charge in [0.05, 0.1) is 44.0 Å². The molecule has 1 atom stereocenters. The molecule has 0 bridgehead atoms. The molecule has 0 N–H and O–H groups in total. The Hall–Kier alpha value is -3.27. The number of nitrogens with zero attached hydrogens (tertiary/aromatic N) is 2. The second-order valence-electron chi connectivity index (χ2n) is 7.77. The first kappa shape index (κ1) is 22.9. The van der Waals surface area contributed by atoms with E-state index in [4.69, 9.17) is 14.2 Å². The summed E-state index contributed by atoms with van der Waals surface area (Å²) in [5, 5.41) is 0. The molecule has 0 aliphatic carbocycles. The lowest BCUT2D eigenvalue weighted by atomic mass is 10.0. The third-order valence-electron chi connectivity index (χ3n) is 5.75. The van der Waals surface area contributed by atoms with Crippen molar-refractivity contribution < 1.29 is 37.0 Å². The molecule has 33 heavy (non-hydrogen) atoms. The highest BCUT2D eigenvalue weighted by atomic mass is 19.4. The van der Waals surface area contributed by atoms with Gasteiger partial charge in [-0.05, 0) is 29.8 Å². The number of amides is 2. The van der Waals surface area contributed by atoms with Crippen molar-refractivity contribution in [3.63, 3.8) is 0 Å². The highest BCUT2D eigenvalue weighted by Crippen LogP contribution is 2.35. The first-order valence-electron chi connectivity index (χ1n) is 10.4. The molecule has 1 fully saturated rings. The number of hydrogen-bond acceptors (Lipinski definition) is 5. The third-order valence-corrected chi connectivity index (χ3v) is 5.75. The molecular weight excluding hydrogens is 441 g/mol. The van der Waals surface area contributed by atoms with Gasteiger partial charge < -0.3 is 24.0 Å². The summed E-state index contributed by atoms with van der Waals surface area (Å²) < 4.78 is 55.2. The van der Waals surface area contributed by atoms with Gasteiger partial charge in [0.2, 0.25) is 0 Å². The minimum atomic E-state index is -4.46. The average Bonchev–Trinajstić information content (AvgIpc) is 3.02. The van der Waals surface area contributed by atoms with Crippen LogP contribution in [-0.2, 0) is 22.2 Å². The van der Waals surface area contributed by atoms with E-state index in [0.29, 0.717) is 48.7 Å². The van der Waals surface area contributed by atoms with Crippen molar-refractivity contribution in [2.45, 2.75) is 18.8 Å². The summed E-state index contributed by atoms with van der Waals surface area (Å²) in [7, 11) is 1.28. The molecule has 0 spiro atoms. The second-order valence-corrected chi connectivity index (χ2v) is 7.77. The van der Waals surface area contributed by atoms with Crippen LogP contribution in [0.15, 0.2) is 42.5 Å². The summed E-state index contributed by atoms with van der Waals surface area (Å²) in [5.41, 5.74) is 0.734. The summed E-state index contributed by atoms with van der Waals surface area (Å²) in [4.78, 5) is 28.6. The fourth-order valence-corrected chi connectivity index (χ4v) is 3.92. The molecule has 2 heterocycles. The molecule has 1 saturated heterocycles. The second kappa shape index (κ2) is 9.30. The molecular formula is C23H23F3N2O5. The Morgan fingerprint density at radius 1 is 1.06 bits per heavy atom. The monoisotopic (exact) mass is 464 g/mol. The number of benzene rings is 2. The Bertz CT molecular complexity index is 1020. The molecule has 2 aromatic rings. The molecule has 10 heteroatoms. The third kappa shape index (κ3) is 4.90. The van der Waals surface area contributed by atoms with E-state index in [0.717, 1.165) is 12.1 Å². The highest BCUT2D eigenvalue weighted by Gasteiger charge is 2.35. The van der Waals surface area contributed by atoms with E-state index in [-0.39, 0.29) is 19.2 Å². The number of morpholine rings is 1. The predicted octanol–water partition coefficient (Wildman–Crippen LogP) is 3.88. The van der Waals surface area contributed by atoms with Gasteiger partial charge >= 0.3 is 18.2 Å². The zero-order valence-corrected chi connectivity index (χ0v) is 17.9. The number of hydrogen-bond donors (Lipinski definition) is 0. The van der Waals surface area contributed by atoms with Gasteiger partial charge in [-0.25, -0.2) is 9.59 Å². The quantitative estimate of drug-likeness (QED) is 0.631. The van der Waals surface area contributed by atoms with Crippen molar-refractivity contribution in [3.8, 4) is 5.75 Å². The van der Waals surface area contributed by atoms with Crippen LogP contribution in [-0.4, -0.2) is 61.8 Å². The maximum absolute atomic E-state index is 13.4. The number of halogens is 3. The van der Waals surface area contributed by atoms with Crippen molar-refractivity contribution in [1.82, 2.24) is 9.80 Å². The van der Waals surface area contributed by atoms with Crippen LogP contribution < -0.4 is 4.74 Å². The molecule has 176 valence electrons. The van der Waals surface area contributed by atoms with Crippen molar-refractivity contribution in [2.75, 3.05) is 40.0 Å². The average molecular weight is 464 g/mol. The topological polar surface area (TPSA) is 68.3 Å². The molecule has 7 nitrogen and oxygen atoms in total. The molecule has 2 aromatic carbocycles. The zero-order chi connectivity index (χ0) is 23.6. The smallest absolute Gasteiger partial charge is 0.416 e. The van der Waals surface area contributed by atoms with Crippen molar-refractivity contribution in [2.24, 2.45) is 0 Å². The first-order chi connectivity index (χ1) is 15.8. The summed E-state index contributed by atoms with van der Waals surface area (Å²) in [6.07, 6.45) is -4.46. The SMILES string of the molecule is COC(=O)c1ccc2c(c1)OC[C@H](c1ccc(C(F)(F)F)cc1)N(C(=O)N1CCOCC1)C2. The maximum Gasteiger partial charge on any atom is 0.416 e. The van der Waals surface area contributed by atoms with E-state index in [1.54, 1.807) is 28.0 Å². The number of carbonyl (C=O) groups excluding carboxylic acids is 2. The van der Waals surface area contributed by atoms with Gasteiger partial charge in [-0.15, -0.1) is 0 Å². The fourth-order valence-electron chi connectivity index (χ4n) is 3.92. The number of fused-ring (bicyclic) bond motifs is 1. The van der Waals surface area contributed by atoms with E-state index < -0.39 is 23.8 Å². The molecule has 2 aliphatic rings. The van der Waals surface area contributed by atoms with Gasteiger partial charge in [0.15, 0.2) is 0 Å². The number of urea groups is 1. The summed E-state index contributed by atoms with van der Waals surface area (Å²) in [6, 6.07) is 8.68. The number of ether oxygens (including phenoxy) is 3. The van der Waals surface area contributed by atoms with Gasteiger partial charge in [-0.3, -0.25) is 0 Å². The zero-order valence-electron chi connectivity index (χ0n) is 17.9. The number of alkyl halides is 3. The molecule has 0 aromatic heterocycles. The number of methoxy groups -OCH3 is 1. The van der Waals surface area contributed by atoms with E-state index >= 15 is 0 Å². The Balaban J connectivity index is 1.68. The van der Waals surface area contributed by atoms with Crippen molar-refractivity contribution >= 4 is 12.0 Å². The Morgan fingerprint density at radius 2 is 1.76 bits per heavy atom. The number of rotatable bonds is 2. The van der Waals surface area contributed by atoms with Gasteiger partial charge in [0, 0.05) is 18.7 Å². The minimum absolute atomic E-state index is 0.0130. The van der Waals surface area contributed by atoms with Gasteiger partial charge in [-0.1, -0.05) is 18.2 Å². The van der Waals surface area contributed by atoms with E-state index in [1.807, 2.05) is 0 Å². The summed E-state index contributed by atoms with van der Waals surface area (Å²) >= 11 is 0. The first-order valence-corrected chi connectivity index (χ1v) is 10.4. The lowest BCUT2D eigenvalue weighted by Crippen LogP contribution is -2.49. The molecule has 0 saturated carbocycles. The van der Waals surface area contributed by atoms with Gasteiger partial charge in [0.25, 0.3) is 0 Å². The maximum atomic E-state index is 13.4. The molecule has 0 radical (unpaired) electrons. The van der Waals surface area contributed by atoms with E-state index in [9.17, 15) is 22.8 Å². The van der Waals surface area contributed by atoms with Crippen LogP contribution in [0.4, 0.5) is 18.0 Å². The molecule has 4 rings (SSSR count). The van der Waals surface area contributed by atoms with Crippen LogP contribution in [0.5, 0.6) is 5.75 Å². The summed E-state index contributed by atoms with van der Waals surface area (Å²) in [5.74, 6) is -0.0988. The number of carbonyl (C=O) groups is 2. The summed E-state index contributed by atoms with van der Waals surface area (Å²) in [6.45, 7) is 1.85. The predicted molar refractivity (Wildman–Crippen MR) is 111 cm³/mol. The van der Waals surface area contributed by atoms with E-state index in [1.165, 1.54) is 19.2 Å². The minimum Gasteiger partial charge on any atom is -0.491 e. The Morgan fingerprint density at radius 3 is 2.39 bits per heavy atom. The Kier molecular flexibility index (Phi) is 6.46. The Labute approximate surface area is 188 Å². The lowest BCUT2D eigenvalue weighted by molar-refractivity contribution is -0.137. The van der Waals surface area contributed by atoms with Gasteiger partial charge in [-0.2, -0.15) is 13.2 Å². The molecule has 2 amide bonds. The van der Waals surface area contributed by atoms with Crippen LogP contribution in [0.2, 0.25) is 0 Å².